The summed E-state index contributed by atoms with van der Waals surface area (Å²) in [6.45, 7) is 6.22. The second kappa shape index (κ2) is 5.58. The Hall–Kier alpha value is -1.32. The maximum Gasteiger partial charge on any atom is 0.134 e. The zero-order chi connectivity index (χ0) is 14.1. The molecular weight excluding hydrogens is 248 g/mol. The first-order chi connectivity index (χ1) is 9.69. The van der Waals surface area contributed by atoms with Crippen LogP contribution in [0.15, 0.2) is 34.7 Å². The van der Waals surface area contributed by atoms with Crippen molar-refractivity contribution in [3.63, 3.8) is 0 Å². The number of para-hydroxylation sites is 1. The molecule has 3 heteroatoms. The maximum absolute atomic E-state index is 6.06. The van der Waals surface area contributed by atoms with Crippen molar-refractivity contribution in [2.75, 3.05) is 13.1 Å². The van der Waals surface area contributed by atoms with E-state index in [4.69, 9.17) is 10.2 Å². The van der Waals surface area contributed by atoms with Crippen LogP contribution in [0.25, 0.3) is 11.0 Å². The minimum Gasteiger partial charge on any atom is -0.459 e. The van der Waals surface area contributed by atoms with E-state index in [0.29, 0.717) is 12.6 Å². The summed E-state index contributed by atoms with van der Waals surface area (Å²) in [4.78, 5) is 2.50. The third-order valence-electron chi connectivity index (χ3n) is 4.23. The number of rotatable bonds is 6. The average molecular weight is 272 g/mol. The molecule has 1 aliphatic rings. The Balaban J connectivity index is 1.89. The lowest BCUT2D eigenvalue weighted by Crippen LogP contribution is -2.39. The molecule has 0 amide bonds. The Morgan fingerprint density at radius 2 is 2.05 bits per heavy atom. The fourth-order valence-corrected chi connectivity index (χ4v) is 2.88. The molecule has 0 saturated heterocycles. The summed E-state index contributed by atoms with van der Waals surface area (Å²) in [6.07, 6.45) is 2.72. The fourth-order valence-electron chi connectivity index (χ4n) is 2.88. The highest BCUT2D eigenvalue weighted by Gasteiger charge is 2.31. The lowest BCUT2D eigenvalue weighted by atomic mass is 10.1. The minimum atomic E-state index is 0.183. The molecule has 1 heterocycles. The summed E-state index contributed by atoms with van der Waals surface area (Å²) in [5, 5.41) is 1.16. The number of nitrogens with two attached hydrogens (primary N) is 1. The van der Waals surface area contributed by atoms with Crippen molar-refractivity contribution in [3.8, 4) is 0 Å². The van der Waals surface area contributed by atoms with Crippen molar-refractivity contribution in [1.82, 2.24) is 4.90 Å². The number of nitrogens with zero attached hydrogens (tertiary/aromatic N) is 1. The minimum absolute atomic E-state index is 0.183. The second-order valence-electron chi connectivity index (χ2n) is 6.17. The van der Waals surface area contributed by atoms with E-state index < -0.39 is 0 Å². The van der Waals surface area contributed by atoms with E-state index in [2.05, 4.69) is 30.9 Å². The number of hydrogen-bond donors (Lipinski definition) is 1. The molecule has 0 spiro atoms. The van der Waals surface area contributed by atoms with Crippen LogP contribution in [0.2, 0.25) is 0 Å². The van der Waals surface area contributed by atoms with Gasteiger partial charge in [-0.05, 0) is 44.7 Å². The van der Waals surface area contributed by atoms with Gasteiger partial charge in [0.05, 0.1) is 6.04 Å². The van der Waals surface area contributed by atoms with Crippen LogP contribution in [-0.2, 0) is 0 Å². The van der Waals surface area contributed by atoms with E-state index in [1.54, 1.807) is 0 Å². The first kappa shape index (κ1) is 13.7. The highest BCUT2D eigenvalue weighted by molar-refractivity contribution is 5.77. The Kier molecular flexibility index (Phi) is 3.81. The van der Waals surface area contributed by atoms with Gasteiger partial charge < -0.3 is 10.2 Å². The molecule has 20 heavy (non-hydrogen) atoms. The van der Waals surface area contributed by atoms with E-state index in [1.807, 2.05) is 18.2 Å². The fraction of sp³-hybridized carbons (Fsp3) is 0.529. The van der Waals surface area contributed by atoms with Crippen molar-refractivity contribution in [2.24, 2.45) is 11.7 Å². The van der Waals surface area contributed by atoms with Gasteiger partial charge in [0, 0.05) is 24.5 Å². The molecular formula is C17H24N2O. The Morgan fingerprint density at radius 3 is 2.65 bits per heavy atom. The van der Waals surface area contributed by atoms with Gasteiger partial charge >= 0.3 is 0 Å². The summed E-state index contributed by atoms with van der Waals surface area (Å²) >= 11 is 0. The highest BCUT2D eigenvalue weighted by atomic mass is 16.3. The number of benzene rings is 1. The predicted octanol–water partition coefficient (Wildman–Crippen LogP) is 3.55. The topological polar surface area (TPSA) is 42.4 Å². The van der Waals surface area contributed by atoms with Gasteiger partial charge in [-0.3, -0.25) is 4.90 Å². The Labute approximate surface area is 120 Å². The van der Waals surface area contributed by atoms with Gasteiger partial charge in [-0.25, -0.2) is 0 Å². The number of fused-ring (bicyclic) bond motifs is 1. The van der Waals surface area contributed by atoms with Crippen LogP contribution < -0.4 is 5.73 Å². The standard InChI is InChI=1S/C17H24N2O/c1-12(2)19(11-13-7-8-13)15(10-18)17-9-14-5-3-4-6-16(14)20-17/h3-6,9,12-13,15H,7-8,10-11,18H2,1-2H3. The van der Waals surface area contributed by atoms with Gasteiger partial charge in [-0.15, -0.1) is 0 Å². The first-order valence-electron chi connectivity index (χ1n) is 7.63. The molecule has 3 nitrogen and oxygen atoms in total. The third-order valence-corrected chi connectivity index (χ3v) is 4.23. The molecule has 1 fully saturated rings. The van der Waals surface area contributed by atoms with Crippen LogP contribution in [0.5, 0.6) is 0 Å². The van der Waals surface area contributed by atoms with Crippen molar-refractivity contribution >= 4 is 11.0 Å². The molecule has 2 aromatic rings. The molecule has 2 N–H and O–H groups in total. The van der Waals surface area contributed by atoms with Crippen LogP contribution in [0.3, 0.4) is 0 Å². The molecule has 1 saturated carbocycles. The van der Waals surface area contributed by atoms with E-state index in [9.17, 15) is 0 Å². The summed E-state index contributed by atoms with van der Waals surface area (Å²) in [7, 11) is 0. The number of hydrogen-bond acceptors (Lipinski definition) is 3. The molecule has 1 aromatic heterocycles. The van der Waals surface area contributed by atoms with E-state index in [-0.39, 0.29) is 6.04 Å². The third kappa shape index (κ3) is 2.74. The van der Waals surface area contributed by atoms with Crippen LogP contribution in [0.4, 0.5) is 0 Å². The average Bonchev–Trinajstić information content (AvgIpc) is 3.15. The maximum atomic E-state index is 6.06. The van der Waals surface area contributed by atoms with E-state index >= 15 is 0 Å². The molecule has 0 bridgehead atoms. The van der Waals surface area contributed by atoms with Crippen molar-refractivity contribution < 1.29 is 4.42 Å². The molecule has 108 valence electrons. The molecule has 0 radical (unpaired) electrons. The summed E-state index contributed by atoms with van der Waals surface area (Å²) in [6, 6.07) is 11.0. The molecule has 0 aliphatic heterocycles. The van der Waals surface area contributed by atoms with Gasteiger partial charge in [0.25, 0.3) is 0 Å². The van der Waals surface area contributed by atoms with Gasteiger partial charge in [-0.1, -0.05) is 18.2 Å². The van der Waals surface area contributed by atoms with Gasteiger partial charge in [0.1, 0.15) is 11.3 Å². The molecule has 1 unspecified atom stereocenters. The van der Waals surface area contributed by atoms with Gasteiger partial charge in [0.2, 0.25) is 0 Å². The molecule has 1 atom stereocenters. The van der Waals surface area contributed by atoms with Crippen LogP contribution in [0.1, 0.15) is 38.5 Å². The summed E-state index contributed by atoms with van der Waals surface area (Å²) < 4.78 is 6.03. The van der Waals surface area contributed by atoms with Gasteiger partial charge in [-0.2, -0.15) is 0 Å². The lowest BCUT2D eigenvalue weighted by Gasteiger charge is -2.33. The second-order valence-corrected chi connectivity index (χ2v) is 6.17. The normalized spacial score (nSPS) is 17.2. The Bertz CT molecular complexity index is 538. The van der Waals surface area contributed by atoms with E-state index in [0.717, 1.165) is 29.2 Å². The summed E-state index contributed by atoms with van der Waals surface area (Å²) in [5.74, 6) is 1.86. The van der Waals surface area contributed by atoms with Crippen molar-refractivity contribution in [3.05, 3.63) is 36.1 Å². The smallest absolute Gasteiger partial charge is 0.134 e. The lowest BCUT2D eigenvalue weighted by molar-refractivity contribution is 0.134. The van der Waals surface area contributed by atoms with Crippen molar-refractivity contribution in [1.29, 1.82) is 0 Å². The zero-order valence-corrected chi connectivity index (χ0v) is 12.4. The molecule has 1 aliphatic carbocycles. The monoisotopic (exact) mass is 272 g/mol. The molecule has 1 aromatic carbocycles. The SMILES string of the molecule is CC(C)N(CC1CC1)C(CN)c1cc2ccccc2o1. The first-order valence-corrected chi connectivity index (χ1v) is 7.63. The van der Waals surface area contributed by atoms with Gasteiger partial charge in [0.15, 0.2) is 0 Å². The largest absolute Gasteiger partial charge is 0.459 e. The number of furan rings is 1. The Morgan fingerprint density at radius 1 is 1.30 bits per heavy atom. The summed E-state index contributed by atoms with van der Waals surface area (Å²) in [5.41, 5.74) is 7.01. The molecule has 3 rings (SSSR count). The highest BCUT2D eigenvalue weighted by Crippen LogP contribution is 2.35. The predicted molar refractivity (Wildman–Crippen MR) is 82.6 cm³/mol. The van der Waals surface area contributed by atoms with Crippen LogP contribution >= 0.6 is 0 Å². The van der Waals surface area contributed by atoms with Crippen molar-refractivity contribution in [2.45, 2.75) is 38.8 Å². The zero-order valence-electron chi connectivity index (χ0n) is 12.4. The quantitative estimate of drug-likeness (QED) is 0.874. The van der Waals surface area contributed by atoms with Crippen LogP contribution in [-0.4, -0.2) is 24.0 Å². The van der Waals surface area contributed by atoms with Crippen LogP contribution in [0, 0.1) is 5.92 Å². The van der Waals surface area contributed by atoms with E-state index in [1.165, 1.54) is 12.8 Å².